The van der Waals surface area contributed by atoms with E-state index in [1.165, 1.54) is 0 Å². The van der Waals surface area contributed by atoms with Gasteiger partial charge in [0.15, 0.2) is 0 Å². The molecule has 0 radical (unpaired) electrons. The van der Waals surface area contributed by atoms with Crippen LogP contribution in [0.15, 0.2) is 54.7 Å². The van der Waals surface area contributed by atoms with E-state index < -0.39 is 0 Å². The van der Waals surface area contributed by atoms with Gasteiger partial charge in [0, 0.05) is 35.2 Å². The highest BCUT2D eigenvalue weighted by molar-refractivity contribution is 6.30. The van der Waals surface area contributed by atoms with Crippen molar-refractivity contribution in [3.8, 4) is 0 Å². The van der Waals surface area contributed by atoms with Gasteiger partial charge in [-0.25, -0.2) is 0 Å². The van der Waals surface area contributed by atoms with E-state index >= 15 is 0 Å². The predicted octanol–water partition coefficient (Wildman–Crippen LogP) is 3.75. The molecule has 6 heteroatoms. The zero-order valence-corrected chi connectivity index (χ0v) is 15.9. The fourth-order valence-corrected chi connectivity index (χ4v) is 3.16. The first kappa shape index (κ1) is 19.0. The van der Waals surface area contributed by atoms with Crippen LogP contribution < -0.4 is 10.6 Å². The molecule has 27 heavy (non-hydrogen) atoms. The fraction of sp³-hybridized carbons (Fsp3) is 0.238. The number of para-hydroxylation sites is 1. The molecular weight excluding hydrogens is 362 g/mol. The summed E-state index contributed by atoms with van der Waals surface area (Å²) in [6.45, 7) is 3.18. The molecule has 140 valence electrons. The Balaban J connectivity index is 1.74. The Labute approximate surface area is 163 Å². The van der Waals surface area contributed by atoms with Gasteiger partial charge in [-0.2, -0.15) is 0 Å². The highest BCUT2D eigenvalue weighted by Crippen LogP contribution is 2.21. The van der Waals surface area contributed by atoms with Crippen LogP contribution in [0.25, 0.3) is 10.9 Å². The molecule has 1 aromatic heterocycles. The lowest BCUT2D eigenvalue weighted by atomic mass is 10.1. The lowest BCUT2D eigenvalue weighted by molar-refractivity contribution is -0.121. The van der Waals surface area contributed by atoms with E-state index in [0.29, 0.717) is 23.7 Å². The van der Waals surface area contributed by atoms with Gasteiger partial charge in [-0.05, 0) is 30.2 Å². The topological polar surface area (TPSA) is 63.1 Å². The number of hydrogen-bond donors (Lipinski definition) is 2. The van der Waals surface area contributed by atoms with E-state index in [-0.39, 0.29) is 18.4 Å². The number of fused-ring (bicyclic) bond motifs is 1. The smallest absolute Gasteiger partial charge is 0.253 e. The molecule has 0 unspecified atom stereocenters. The molecule has 0 saturated carbocycles. The molecule has 5 nitrogen and oxygen atoms in total. The maximum Gasteiger partial charge on any atom is 0.253 e. The third-order valence-electron chi connectivity index (χ3n) is 4.26. The summed E-state index contributed by atoms with van der Waals surface area (Å²) in [5, 5.41) is 7.27. The summed E-state index contributed by atoms with van der Waals surface area (Å²) in [5.41, 5.74) is 2.38. The summed E-state index contributed by atoms with van der Waals surface area (Å²) < 4.78 is 1.81. The summed E-state index contributed by atoms with van der Waals surface area (Å²) in [5.74, 6) is -0.248. The molecule has 1 heterocycles. The van der Waals surface area contributed by atoms with Gasteiger partial charge >= 0.3 is 0 Å². The van der Waals surface area contributed by atoms with Crippen LogP contribution in [-0.4, -0.2) is 22.9 Å². The number of nitrogens with one attached hydrogen (secondary N) is 2. The van der Waals surface area contributed by atoms with Gasteiger partial charge in [0.2, 0.25) is 5.91 Å². The van der Waals surface area contributed by atoms with Crippen LogP contribution >= 0.6 is 11.6 Å². The number of aromatic nitrogens is 1. The van der Waals surface area contributed by atoms with Crippen LogP contribution in [0.3, 0.4) is 0 Å². The fourth-order valence-electron chi connectivity index (χ4n) is 2.95. The van der Waals surface area contributed by atoms with Crippen molar-refractivity contribution in [2.45, 2.75) is 26.4 Å². The molecule has 3 rings (SSSR count). The Bertz CT molecular complexity index is 965. The van der Waals surface area contributed by atoms with Crippen LogP contribution in [0.5, 0.6) is 0 Å². The molecule has 0 fully saturated rings. The second kappa shape index (κ2) is 8.73. The van der Waals surface area contributed by atoms with Crippen molar-refractivity contribution in [1.82, 2.24) is 15.2 Å². The normalized spacial score (nSPS) is 10.7. The summed E-state index contributed by atoms with van der Waals surface area (Å²) >= 11 is 5.97. The van der Waals surface area contributed by atoms with E-state index in [1.54, 1.807) is 12.3 Å². The molecule has 0 atom stereocenters. The monoisotopic (exact) mass is 383 g/mol. The van der Waals surface area contributed by atoms with E-state index in [2.05, 4.69) is 10.6 Å². The zero-order chi connectivity index (χ0) is 19.2. The van der Waals surface area contributed by atoms with Crippen LogP contribution in [0.1, 0.15) is 29.3 Å². The molecule has 2 aromatic carbocycles. The third-order valence-corrected chi connectivity index (χ3v) is 4.50. The SMILES string of the molecule is CCCNC(=O)c1cn(CC(=O)NCc2cccc(Cl)c2)c2ccccc12. The largest absolute Gasteiger partial charge is 0.352 e. The first-order valence-corrected chi connectivity index (χ1v) is 9.33. The van der Waals surface area contributed by atoms with Crippen LogP contribution in [0.2, 0.25) is 5.02 Å². The van der Waals surface area contributed by atoms with Crippen molar-refractivity contribution in [1.29, 1.82) is 0 Å². The van der Waals surface area contributed by atoms with Crippen molar-refractivity contribution < 1.29 is 9.59 Å². The van der Waals surface area contributed by atoms with Gasteiger partial charge in [-0.15, -0.1) is 0 Å². The van der Waals surface area contributed by atoms with Gasteiger partial charge in [0.05, 0.1) is 5.56 Å². The Morgan fingerprint density at radius 2 is 1.89 bits per heavy atom. The second-order valence-corrected chi connectivity index (χ2v) is 6.79. The number of benzene rings is 2. The lowest BCUT2D eigenvalue weighted by Crippen LogP contribution is -2.27. The van der Waals surface area contributed by atoms with E-state index in [4.69, 9.17) is 11.6 Å². The minimum absolute atomic E-state index is 0.119. The van der Waals surface area contributed by atoms with Gasteiger partial charge < -0.3 is 15.2 Å². The van der Waals surface area contributed by atoms with Crippen molar-refractivity contribution in [2.24, 2.45) is 0 Å². The Hall–Kier alpha value is -2.79. The quantitative estimate of drug-likeness (QED) is 0.652. The summed E-state index contributed by atoms with van der Waals surface area (Å²) in [6, 6.07) is 15.0. The molecule has 0 spiro atoms. The maximum absolute atomic E-state index is 12.4. The molecule has 0 bridgehead atoms. The number of halogens is 1. The van der Waals surface area contributed by atoms with Gasteiger partial charge in [0.1, 0.15) is 6.54 Å². The van der Waals surface area contributed by atoms with Crippen LogP contribution in [-0.2, 0) is 17.9 Å². The number of carbonyl (C=O) groups is 2. The average molecular weight is 384 g/mol. The highest BCUT2D eigenvalue weighted by atomic mass is 35.5. The zero-order valence-electron chi connectivity index (χ0n) is 15.2. The molecule has 3 aromatic rings. The first-order valence-electron chi connectivity index (χ1n) is 8.95. The molecular formula is C21H22ClN3O2. The molecule has 0 aliphatic carbocycles. The summed E-state index contributed by atoms with van der Waals surface area (Å²) in [4.78, 5) is 24.8. The molecule has 0 saturated heterocycles. The first-order chi connectivity index (χ1) is 13.1. The number of nitrogens with zero attached hydrogens (tertiary/aromatic N) is 1. The summed E-state index contributed by atoms with van der Waals surface area (Å²) in [7, 11) is 0. The Morgan fingerprint density at radius 1 is 1.07 bits per heavy atom. The average Bonchev–Trinajstić information content (AvgIpc) is 3.03. The van der Waals surface area contributed by atoms with Gasteiger partial charge in [0.25, 0.3) is 5.91 Å². The van der Waals surface area contributed by atoms with E-state index in [9.17, 15) is 9.59 Å². The number of hydrogen-bond acceptors (Lipinski definition) is 2. The Kier molecular flexibility index (Phi) is 6.14. The van der Waals surface area contributed by atoms with Crippen molar-refractivity contribution in [2.75, 3.05) is 6.54 Å². The van der Waals surface area contributed by atoms with Gasteiger partial charge in [-0.1, -0.05) is 48.9 Å². The van der Waals surface area contributed by atoms with E-state index in [1.807, 2.05) is 54.0 Å². The van der Waals surface area contributed by atoms with Crippen LogP contribution in [0.4, 0.5) is 0 Å². The van der Waals surface area contributed by atoms with Crippen molar-refractivity contribution >= 4 is 34.3 Å². The van der Waals surface area contributed by atoms with Crippen molar-refractivity contribution in [3.63, 3.8) is 0 Å². The van der Waals surface area contributed by atoms with Crippen LogP contribution in [0, 0.1) is 0 Å². The van der Waals surface area contributed by atoms with Gasteiger partial charge in [-0.3, -0.25) is 9.59 Å². The number of rotatable bonds is 7. The number of carbonyl (C=O) groups excluding carboxylic acids is 2. The minimum atomic E-state index is -0.128. The molecule has 2 N–H and O–H groups in total. The van der Waals surface area contributed by atoms with E-state index in [0.717, 1.165) is 22.9 Å². The van der Waals surface area contributed by atoms with Crippen molar-refractivity contribution in [3.05, 3.63) is 70.9 Å². The highest BCUT2D eigenvalue weighted by Gasteiger charge is 2.15. The number of amides is 2. The molecule has 0 aliphatic rings. The molecule has 0 aliphatic heterocycles. The standard InChI is InChI=1S/C21H22ClN3O2/c1-2-10-23-21(27)18-13-25(19-9-4-3-8-17(18)19)14-20(26)24-12-15-6-5-7-16(22)11-15/h3-9,11,13H,2,10,12,14H2,1H3,(H,23,27)(H,24,26). The third kappa shape index (κ3) is 4.68. The Morgan fingerprint density at radius 3 is 2.67 bits per heavy atom. The molecule has 2 amide bonds. The maximum atomic E-state index is 12.4. The summed E-state index contributed by atoms with van der Waals surface area (Å²) in [6.07, 6.45) is 2.62. The lowest BCUT2D eigenvalue weighted by Gasteiger charge is -2.08. The minimum Gasteiger partial charge on any atom is -0.352 e. The predicted molar refractivity (Wildman–Crippen MR) is 108 cm³/mol. The second-order valence-electron chi connectivity index (χ2n) is 6.35.